The van der Waals surface area contributed by atoms with Crippen molar-refractivity contribution in [2.75, 3.05) is 6.61 Å². The van der Waals surface area contributed by atoms with Crippen LogP contribution in [-0.4, -0.2) is 23.2 Å². The number of amides is 1. The maximum atomic E-state index is 12.0. The molecule has 0 saturated carbocycles. The molecule has 0 saturated heterocycles. The Bertz CT molecular complexity index is 614. The highest BCUT2D eigenvalue weighted by atomic mass is 16.4. The van der Waals surface area contributed by atoms with Gasteiger partial charge in [-0.2, -0.15) is 0 Å². The molecular weight excluding hydrogens is 254 g/mol. The number of aliphatic hydroxyl groups is 1. The zero-order chi connectivity index (χ0) is 14.8. The van der Waals surface area contributed by atoms with Crippen molar-refractivity contribution in [3.63, 3.8) is 0 Å². The molecule has 20 heavy (non-hydrogen) atoms. The Morgan fingerprint density at radius 1 is 1.25 bits per heavy atom. The van der Waals surface area contributed by atoms with Crippen LogP contribution in [0.1, 0.15) is 30.0 Å². The van der Waals surface area contributed by atoms with E-state index in [9.17, 15) is 4.79 Å². The van der Waals surface area contributed by atoms with Gasteiger partial charge in [-0.15, -0.1) is 0 Å². The molecule has 1 aromatic heterocycles. The van der Waals surface area contributed by atoms with Crippen molar-refractivity contribution in [3.05, 3.63) is 47.7 Å². The summed E-state index contributed by atoms with van der Waals surface area (Å²) in [6.45, 7) is 5.35. The summed E-state index contributed by atoms with van der Waals surface area (Å²) in [6, 6.07) is 11.3. The fourth-order valence-electron chi connectivity index (χ4n) is 1.86. The summed E-state index contributed by atoms with van der Waals surface area (Å²) in [6.07, 6.45) is 0. The lowest BCUT2D eigenvalue weighted by Gasteiger charge is -2.22. The smallest absolute Gasteiger partial charge is 0.287 e. The molecule has 2 N–H and O–H groups in total. The zero-order valence-corrected chi connectivity index (χ0v) is 11.9. The number of carbonyl (C=O) groups excluding carboxylic acids is 1. The van der Waals surface area contributed by atoms with Crippen LogP contribution in [0.4, 0.5) is 0 Å². The molecule has 2 aromatic rings. The van der Waals surface area contributed by atoms with Gasteiger partial charge < -0.3 is 14.8 Å². The van der Waals surface area contributed by atoms with Gasteiger partial charge in [-0.1, -0.05) is 24.3 Å². The number of aryl methyl sites for hydroxylation is 1. The quantitative estimate of drug-likeness (QED) is 0.900. The van der Waals surface area contributed by atoms with Gasteiger partial charge >= 0.3 is 0 Å². The molecule has 4 nitrogen and oxygen atoms in total. The van der Waals surface area contributed by atoms with Crippen molar-refractivity contribution < 1.29 is 14.3 Å². The van der Waals surface area contributed by atoms with E-state index in [1.807, 2.05) is 31.2 Å². The van der Waals surface area contributed by atoms with E-state index in [1.165, 1.54) is 0 Å². The van der Waals surface area contributed by atoms with Crippen LogP contribution in [0.15, 0.2) is 40.8 Å². The Morgan fingerprint density at radius 2 is 1.95 bits per heavy atom. The Labute approximate surface area is 118 Å². The molecule has 0 atom stereocenters. The van der Waals surface area contributed by atoms with Crippen molar-refractivity contribution >= 4 is 5.91 Å². The maximum absolute atomic E-state index is 12.0. The number of aliphatic hydroxyl groups excluding tert-OH is 1. The van der Waals surface area contributed by atoms with Crippen LogP contribution < -0.4 is 5.32 Å². The van der Waals surface area contributed by atoms with E-state index in [0.29, 0.717) is 5.76 Å². The zero-order valence-electron chi connectivity index (χ0n) is 11.9. The van der Waals surface area contributed by atoms with Crippen LogP contribution in [0, 0.1) is 6.92 Å². The monoisotopic (exact) mass is 273 g/mol. The van der Waals surface area contributed by atoms with Gasteiger partial charge in [0.05, 0.1) is 12.1 Å². The maximum Gasteiger partial charge on any atom is 0.287 e. The molecule has 0 radical (unpaired) electrons. The summed E-state index contributed by atoms with van der Waals surface area (Å²) in [5.74, 6) is 0.573. The van der Waals surface area contributed by atoms with Gasteiger partial charge in [0.15, 0.2) is 5.76 Å². The molecule has 0 spiro atoms. The summed E-state index contributed by atoms with van der Waals surface area (Å²) in [7, 11) is 0. The second-order valence-electron chi connectivity index (χ2n) is 5.47. The SMILES string of the molecule is Cc1ccccc1-c1ccc(C(=O)NC(C)(C)CO)o1. The minimum atomic E-state index is -0.674. The van der Waals surface area contributed by atoms with E-state index in [-0.39, 0.29) is 18.3 Å². The van der Waals surface area contributed by atoms with E-state index in [2.05, 4.69) is 5.32 Å². The first-order valence-electron chi connectivity index (χ1n) is 6.52. The van der Waals surface area contributed by atoms with E-state index in [0.717, 1.165) is 11.1 Å². The lowest BCUT2D eigenvalue weighted by atomic mass is 10.1. The van der Waals surface area contributed by atoms with Crippen molar-refractivity contribution in [1.82, 2.24) is 5.32 Å². The second-order valence-corrected chi connectivity index (χ2v) is 5.47. The van der Waals surface area contributed by atoms with Crippen molar-refractivity contribution in [3.8, 4) is 11.3 Å². The van der Waals surface area contributed by atoms with Crippen LogP contribution in [0.5, 0.6) is 0 Å². The third kappa shape index (κ3) is 3.08. The predicted octanol–water partition coefficient (Wildman–Crippen LogP) is 2.76. The fraction of sp³-hybridized carbons (Fsp3) is 0.312. The Hall–Kier alpha value is -2.07. The highest BCUT2D eigenvalue weighted by molar-refractivity contribution is 5.92. The average Bonchev–Trinajstić information content (AvgIpc) is 2.88. The number of nitrogens with one attached hydrogen (secondary N) is 1. The van der Waals surface area contributed by atoms with Gasteiger partial charge in [0.25, 0.3) is 5.91 Å². The third-order valence-corrected chi connectivity index (χ3v) is 3.09. The van der Waals surface area contributed by atoms with E-state index in [1.54, 1.807) is 26.0 Å². The largest absolute Gasteiger partial charge is 0.451 e. The van der Waals surface area contributed by atoms with Crippen molar-refractivity contribution in [2.45, 2.75) is 26.3 Å². The minimum Gasteiger partial charge on any atom is -0.451 e. The van der Waals surface area contributed by atoms with Gasteiger partial charge in [0, 0.05) is 5.56 Å². The van der Waals surface area contributed by atoms with Gasteiger partial charge in [-0.25, -0.2) is 0 Å². The molecule has 0 aliphatic carbocycles. The number of furan rings is 1. The van der Waals surface area contributed by atoms with E-state index < -0.39 is 5.54 Å². The van der Waals surface area contributed by atoms with Crippen LogP contribution in [0.25, 0.3) is 11.3 Å². The summed E-state index contributed by atoms with van der Waals surface area (Å²) in [5.41, 5.74) is 1.38. The van der Waals surface area contributed by atoms with Gasteiger partial charge in [0.2, 0.25) is 0 Å². The fourth-order valence-corrected chi connectivity index (χ4v) is 1.86. The summed E-state index contributed by atoms with van der Waals surface area (Å²) in [5, 5.41) is 11.9. The van der Waals surface area contributed by atoms with Gasteiger partial charge in [-0.3, -0.25) is 4.79 Å². The molecule has 1 aromatic carbocycles. The Balaban J connectivity index is 2.22. The molecule has 0 fully saturated rings. The highest BCUT2D eigenvalue weighted by Crippen LogP contribution is 2.25. The molecule has 0 unspecified atom stereocenters. The topological polar surface area (TPSA) is 62.5 Å². The number of carbonyl (C=O) groups is 1. The van der Waals surface area contributed by atoms with Crippen LogP contribution in [-0.2, 0) is 0 Å². The summed E-state index contributed by atoms with van der Waals surface area (Å²) < 4.78 is 5.61. The summed E-state index contributed by atoms with van der Waals surface area (Å²) >= 11 is 0. The lowest BCUT2D eigenvalue weighted by molar-refractivity contribution is 0.0842. The first-order chi connectivity index (χ1) is 9.43. The molecule has 106 valence electrons. The molecule has 0 aliphatic heterocycles. The Kier molecular flexibility index (Phi) is 3.95. The molecule has 2 rings (SSSR count). The molecule has 4 heteroatoms. The first kappa shape index (κ1) is 14.3. The van der Waals surface area contributed by atoms with Crippen LogP contribution in [0.3, 0.4) is 0 Å². The van der Waals surface area contributed by atoms with Gasteiger partial charge in [0.1, 0.15) is 5.76 Å². The predicted molar refractivity (Wildman–Crippen MR) is 77.5 cm³/mol. The number of hydrogen-bond acceptors (Lipinski definition) is 3. The van der Waals surface area contributed by atoms with E-state index >= 15 is 0 Å². The van der Waals surface area contributed by atoms with Crippen LogP contribution in [0.2, 0.25) is 0 Å². The number of hydrogen-bond donors (Lipinski definition) is 2. The minimum absolute atomic E-state index is 0.135. The normalized spacial score (nSPS) is 11.4. The van der Waals surface area contributed by atoms with E-state index in [4.69, 9.17) is 9.52 Å². The second kappa shape index (κ2) is 5.51. The summed E-state index contributed by atoms with van der Waals surface area (Å²) in [4.78, 5) is 12.0. The lowest BCUT2D eigenvalue weighted by Crippen LogP contribution is -2.46. The molecule has 0 aliphatic rings. The molecule has 1 amide bonds. The molecule has 0 bridgehead atoms. The van der Waals surface area contributed by atoms with Crippen LogP contribution >= 0.6 is 0 Å². The van der Waals surface area contributed by atoms with Crippen molar-refractivity contribution in [2.24, 2.45) is 0 Å². The molecule has 1 heterocycles. The third-order valence-electron chi connectivity index (χ3n) is 3.09. The first-order valence-corrected chi connectivity index (χ1v) is 6.52. The average molecular weight is 273 g/mol. The molecular formula is C16H19NO3. The Morgan fingerprint density at radius 3 is 2.60 bits per heavy atom. The highest BCUT2D eigenvalue weighted by Gasteiger charge is 2.22. The van der Waals surface area contributed by atoms with Gasteiger partial charge in [-0.05, 0) is 38.5 Å². The number of rotatable bonds is 4. The standard InChI is InChI=1S/C16H19NO3/c1-11-6-4-5-7-12(11)13-8-9-14(20-13)15(19)17-16(2,3)10-18/h4-9,18H,10H2,1-3H3,(H,17,19). The van der Waals surface area contributed by atoms with Crippen molar-refractivity contribution in [1.29, 1.82) is 0 Å². The number of benzene rings is 1.